The van der Waals surface area contributed by atoms with Crippen molar-refractivity contribution in [3.63, 3.8) is 0 Å². The van der Waals surface area contributed by atoms with E-state index in [1.54, 1.807) is 0 Å². The third-order valence-electron chi connectivity index (χ3n) is 4.00. The second kappa shape index (κ2) is 7.88. The zero-order valence-electron chi connectivity index (χ0n) is 15.2. The fourth-order valence-corrected chi connectivity index (χ4v) is 2.83. The average molecular weight is 349 g/mol. The number of aromatic nitrogens is 4. The van der Waals surface area contributed by atoms with Crippen molar-refractivity contribution >= 4 is 11.9 Å². The largest absolute Gasteiger partial charge is 0.368 e. The van der Waals surface area contributed by atoms with Gasteiger partial charge in [0.05, 0.1) is 18.3 Å². The van der Waals surface area contributed by atoms with Gasteiger partial charge >= 0.3 is 0 Å². The van der Waals surface area contributed by atoms with Crippen LogP contribution in [0.25, 0.3) is 0 Å². The monoisotopic (exact) mass is 349 g/mol. The highest BCUT2D eigenvalue weighted by atomic mass is 15.3. The predicted molar refractivity (Wildman–Crippen MR) is 103 cm³/mol. The number of hydrogen-bond donors (Lipinski definition) is 1. The summed E-state index contributed by atoms with van der Waals surface area (Å²) in [5, 5.41) is 0. The van der Waals surface area contributed by atoms with Gasteiger partial charge in [0.2, 0.25) is 11.9 Å². The van der Waals surface area contributed by atoms with Crippen LogP contribution < -0.4 is 10.6 Å². The minimum atomic E-state index is -0.0156. The van der Waals surface area contributed by atoms with Gasteiger partial charge in [0.25, 0.3) is 0 Å². The Bertz CT molecular complexity index is 798. The van der Waals surface area contributed by atoms with E-state index in [1.165, 1.54) is 0 Å². The smallest absolute Gasteiger partial charge is 0.229 e. The Morgan fingerprint density at radius 1 is 0.923 bits per heavy atom. The third kappa shape index (κ3) is 4.12. The Balaban J connectivity index is 1.93. The standard InChI is InChI=1S/C19H23N7/c1-25(2)19-23-16(22-18(20)24-19)13-26(3)17(14-9-5-4-6-10-14)15-11-7-8-12-21-15/h4-12,17H,13H2,1-3H3,(H2,20,22,23,24)/t17-/m0/s1. The Morgan fingerprint density at radius 3 is 2.31 bits per heavy atom. The van der Waals surface area contributed by atoms with Crippen molar-refractivity contribution in [1.29, 1.82) is 0 Å². The molecule has 0 bridgehead atoms. The number of benzene rings is 1. The van der Waals surface area contributed by atoms with Gasteiger partial charge in [-0.25, -0.2) is 0 Å². The molecule has 0 aliphatic heterocycles. The Kier molecular flexibility index (Phi) is 5.38. The highest BCUT2D eigenvalue weighted by Gasteiger charge is 2.22. The molecule has 0 amide bonds. The van der Waals surface area contributed by atoms with Gasteiger partial charge in [0.15, 0.2) is 0 Å². The Morgan fingerprint density at radius 2 is 1.65 bits per heavy atom. The maximum atomic E-state index is 5.85. The number of pyridine rings is 1. The molecule has 3 aromatic rings. The van der Waals surface area contributed by atoms with Crippen molar-refractivity contribution in [3.8, 4) is 0 Å². The zero-order valence-corrected chi connectivity index (χ0v) is 15.2. The first kappa shape index (κ1) is 17.8. The number of hydrogen-bond acceptors (Lipinski definition) is 7. The highest BCUT2D eigenvalue weighted by Crippen LogP contribution is 2.27. The van der Waals surface area contributed by atoms with Crippen LogP contribution in [-0.2, 0) is 6.54 Å². The molecular weight excluding hydrogens is 326 g/mol. The Hall–Kier alpha value is -3.06. The number of anilines is 2. The summed E-state index contributed by atoms with van der Waals surface area (Å²) in [4.78, 5) is 21.5. The van der Waals surface area contributed by atoms with Gasteiger partial charge < -0.3 is 10.6 Å². The van der Waals surface area contributed by atoms with Gasteiger partial charge in [-0.1, -0.05) is 36.4 Å². The maximum absolute atomic E-state index is 5.85. The first-order valence-electron chi connectivity index (χ1n) is 8.38. The summed E-state index contributed by atoms with van der Waals surface area (Å²) >= 11 is 0. The summed E-state index contributed by atoms with van der Waals surface area (Å²) in [5.41, 5.74) is 7.98. The lowest BCUT2D eigenvalue weighted by Crippen LogP contribution is -2.27. The molecule has 134 valence electrons. The van der Waals surface area contributed by atoms with E-state index >= 15 is 0 Å². The van der Waals surface area contributed by atoms with Gasteiger partial charge in [0.1, 0.15) is 5.82 Å². The lowest BCUT2D eigenvalue weighted by Gasteiger charge is -2.27. The zero-order chi connectivity index (χ0) is 18.5. The summed E-state index contributed by atoms with van der Waals surface area (Å²) in [6.07, 6.45) is 1.81. The molecular formula is C19H23N7. The van der Waals surface area contributed by atoms with Crippen LogP contribution >= 0.6 is 0 Å². The number of nitrogens with two attached hydrogens (primary N) is 1. The van der Waals surface area contributed by atoms with E-state index in [1.807, 2.05) is 68.6 Å². The molecule has 0 unspecified atom stereocenters. The van der Waals surface area contributed by atoms with Crippen LogP contribution in [0.4, 0.5) is 11.9 Å². The first-order chi connectivity index (χ1) is 12.5. The molecule has 3 rings (SSSR count). The van der Waals surface area contributed by atoms with E-state index in [0.717, 1.165) is 11.3 Å². The van der Waals surface area contributed by atoms with Gasteiger partial charge in [0, 0.05) is 20.3 Å². The molecule has 0 spiro atoms. The Labute approximate surface area is 153 Å². The molecule has 7 heteroatoms. The average Bonchev–Trinajstić information content (AvgIpc) is 2.63. The van der Waals surface area contributed by atoms with Crippen molar-refractivity contribution in [3.05, 3.63) is 71.8 Å². The quantitative estimate of drug-likeness (QED) is 0.730. The fraction of sp³-hybridized carbons (Fsp3) is 0.263. The van der Waals surface area contributed by atoms with Crippen LogP contribution in [0.3, 0.4) is 0 Å². The summed E-state index contributed by atoms with van der Waals surface area (Å²) in [6, 6.07) is 16.2. The number of nitrogen functional groups attached to an aromatic ring is 1. The summed E-state index contributed by atoms with van der Waals surface area (Å²) in [5.74, 6) is 1.40. The topological polar surface area (TPSA) is 84.1 Å². The van der Waals surface area contributed by atoms with Crippen LogP contribution in [0, 0.1) is 0 Å². The minimum Gasteiger partial charge on any atom is -0.368 e. The lowest BCUT2D eigenvalue weighted by molar-refractivity contribution is 0.259. The van der Waals surface area contributed by atoms with Gasteiger partial charge in [-0.3, -0.25) is 9.88 Å². The molecule has 0 saturated carbocycles. The van der Waals surface area contributed by atoms with E-state index in [2.05, 4.69) is 37.0 Å². The molecule has 0 saturated heterocycles. The third-order valence-corrected chi connectivity index (χ3v) is 4.00. The fourth-order valence-electron chi connectivity index (χ4n) is 2.83. The minimum absolute atomic E-state index is 0.0156. The van der Waals surface area contributed by atoms with Crippen molar-refractivity contribution < 1.29 is 0 Å². The van der Waals surface area contributed by atoms with E-state index in [9.17, 15) is 0 Å². The molecule has 0 aliphatic carbocycles. The van der Waals surface area contributed by atoms with Crippen molar-refractivity contribution in [2.45, 2.75) is 12.6 Å². The van der Waals surface area contributed by atoms with E-state index < -0.39 is 0 Å². The van der Waals surface area contributed by atoms with Crippen LogP contribution in [0.15, 0.2) is 54.7 Å². The van der Waals surface area contributed by atoms with Crippen LogP contribution in [-0.4, -0.2) is 46.0 Å². The van der Waals surface area contributed by atoms with Crippen LogP contribution in [0.2, 0.25) is 0 Å². The van der Waals surface area contributed by atoms with Crippen molar-refractivity contribution in [1.82, 2.24) is 24.8 Å². The highest BCUT2D eigenvalue weighted by molar-refractivity contribution is 5.33. The molecule has 1 aromatic carbocycles. The summed E-state index contributed by atoms with van der Waals surface area (Å²) in [7, 11) is 5.79. The summed E-state index contributed by atoms with van der Waals surface area (Å²) in [6.45, 7) is 0.518. The van der Waals surface area contributed by atoms with E-state index in [-0.39, 0.29) is 12.0 Å². The summed E-state index contributed by atoms with van der Waals surface area (Å²) < 4.78 is 0. The van der Waals surface area contributed by atoms with Gasteiger partial charge in [-0.15, -0.1) is 0 Å². The maximum Gasteiger partial charge on any atom is 0.229 e. The second-order valence-corrected chi connectivity index (χ2v) is 6.29. The molecule has 7 nitrogen and oxygen atoms in total. The molecule has 2 N–H and O–H groups in total. The molecule has 0 radical (unpaired) electrons. The van der Waals surface area contributed by atoms with Gasteiger partial charge in [-0.2, -0.15) is 15.0 Å². The van der Waals surface area contributed by atoms with E-state index in [4.69, 9.17) is 5.73 Å². The second-order valence-electron chi connectivity index (χ2n) is 6.29. The first-order valence-corrected chi connectivity index (χ1v) is 8.38. The normalized spacial score (nSPS) is 12.2. The molecule has 0 fully saturated rings. The molecule has 2 aromatic heterocycles. The van der Waals surface area contributed by atoms with Crippen LogP contribution in [0.5, 0.6) is 0 Å². The molecule has 1 atom stereocenters. The van der Waals surface area contributed by atoms with E-state index in [0.29, 0.717) is 18.3 Å². The van der Waals surface area contributed by atoms with Gasteiger partial charge in [-0.05, 0) is 24.7 Å². The molecule has 0 aliphatic rings. The molecule has 26 heavy (non-hydrogen) atoms. The predicted octanol–water partition coefficient (Wildman–Crippen LogP) is 2.14. The number of nitrogens with zero attached hydrogens (tertiary/aromatic N) is 6. The lowest BCUT2D eigenvalue weighted by atomic mass is 10.0. The SMILES string of the molecule is CN(C)c1nc(N)nc(CN(C)[C@@H](c2ccccc2)c2ccccn2)n1. The number of rotatable bonds is 6. The van der Waals surface area contributed by atoms with Crippen molar-refractivity contribution in [2.24, 2.45) is 0 Å². The van der Waals surface area contributed by atoms with Crippen molar-refractivity contribution in [2.75, 3.05) is 31.8 Å². The van der Waals surface area contributed by atoms with Crippen LogP contribution in [0.1, 0.15) is 23.1 Å². The molecule has 2 heterocycles.